The molecule has 0 saturated heterocycles. The Morgan fingerprint density at radius 3 is 2.66 bits per heavy atom. The van der Waals surface area contributed by atoms with Crippen LogP contribution in [0.4, 0.5) is 25.0 Å². The normalized spacial score (nSPS) is 19.3. The van der Waals surface area contributed by atoms with E-state index in [-0.39, 0.29) is 52.9 Å². The van der Waals surface area contributed by atoms with Crippen molar-refractivity contribution in [2.45, 2.75) is 38.6 Å². The van der Waals surface area contributed by atoms with Crippen LogP contribution in [-0.4, -0.2) is 34.5 Å². The Kier molecular flexibility index (Phi) is 8.08. The Balaban J connectivity index is 1.53. The summed E-state index contributed by atoms with van der Waals surface area (Å²) in [4.78, 5) is 39.4. The Morgan fingerprint density at radius 2 is 1.90 bits per heavy atom. The molecular formula is C31H28ClF2N3O4. The van der Waals surface area contributed by atoms with Crippen LogP contribution in [-0.2, 0) is 9.59 Å². The molecule has 10 heteroatoms. The highest BCUT2D eigenvalue weighted by Crippen LogP contribution is 2.38. The number of anilines is 2. The van der Waals surface area contributed by atoms with Crippen LogP contribution in [0.2, 0.25) is 5.02 Å². The topological polar surface area (TPSA) is 98.7 Å². The quantitative estimate of drug-likeness (QED) is 0.280. The molecule has 2 bridgehead atoms. The monoisotopic (exact) mass is 579 g/mol. The highest BCUT2D eigenvalue weighted by atomic mass is 35.5. The average molecular weight is 580 g/mol. The van der Waals surface area contributed by atoms with Gasteiger partial charge in [0.2, 0.25) is 11.8 Å². The number of halogens is 3. The van der Waals surface area contributed by atoms with Crippen molar-refractivity contribution in [3.63, 3.8) is 0 Å². The highest BCUT2D eigenvalue weighted by molar-refractivity contribution is 6.31. The Labute approximate surface area is 240 Å². The van der Waals surface area contributed by atoms with Gasteiger partial charge in [0.05, 0.1) is 22.3 Å². The molecule has 2 atom stereocenters. The summed E-state index contributed by atoms with van der Waals surface area (Å²) in [6.45, 7) is 2.07. The summed E-state index contributed by atoms with van der Waals surface area (Å²) in [6.07, 6.45) is 2.11. The molecule has 2 aliphatic heterocycles. The summed E-state index contributed by atoms with van der Waals surface area (Å²) in [5.41, 5.74) is 3.12. The summed E-state index contributed by atoms with van der Waals surface area (Å²) in [5, 5.41) is 14.2. The predicted octanol–water partition coefficient (Wildman–Crippen LogP) is 7.49. The first-order valence-corrected chi connectivity index (χ1v) is 13.7. The van der Waals surface area contributed by atoms with Crippen molar-refractivity contribution in [3.8, 4) is 11.1 Å². The number of carboxylic acid groups (broad SMARTS) is 1. The van der Waals surface area contributed by atoms with Gasteiger partial charge < -0.3 is 15.3 Å². The molecule has 2 aliphatic rings. The van der Waals surface area contributed by atoms with Gasteiger partial charge in [0.15, 0.2) is 5.82 Å². The fraction of sp³-hybridized carbons (Fsp3) is 0.258. The SMILES string of the molecule is C[C@@H]1CCC[C@H](N2CCC(c3c(F)ccc(Cl)c3F)=CC2=O)c2cccc(c2)-c2ccc(NC(=O)O)cc2NC1=O. The van der Waals surface area contributed by atoms with Gasteiger partial charge in [0.1, 0.15) is 5.82 Å². The number of fused-ring (bicyclic) bond motifs is 4. The molecule has 7 nitrogen and oxygen atoms in total. The van der Waals surface area contributed by atoms with E-state index in [1.54, 1.807) is 23.1 Å². The van der Waals surface area contributed by atoms with Gasteiger partial charge in [-0.2, -0.15) is 0 Å². The smallest absolute Gasteiger partial charge is 0.409 e. The molecule has 212 valence electrons. The largest absolute Gasteiger partial charge is 0.465 e. The van der Waals surface area contributed by atoms with E-state index < -0.39 is 17.7 Å². The molecule has 5 rings (SSSR count). The number of amides is 3. The second kappa shape index (κ2) is 11.7. The molecule has 0 spiro atoms. The van der Waals surface area contributed by atoms with E-state index in [2.05, 4.69) is 10.6 Å². The van der Waals surface area contributed by atoms with E-state index in [1.165, 1.54) is 6.08 Å². The van der Waals surface area contributed by atoms with Crippen LogP contribution in [0.5, 0.6) is 0 Å². The molecule has 0 aliphatic carbocycles. The third kappa shape index (κ3) is 5.95. The highest BCUT2D eigenvalue weighted by Gasteiger charge is 2.30. The van der Waals surface area contributed by atoms with Gasteiger partial charge in [-0.15, -0.1) is 0 Å². The first kappa shape index (κ1) is 28.3. The maximum atomic E-state index is 14.7. The summed E-state index contributed by atoms with van der Waals surface area (Å²) in [5.74, 6) is -2.55. The van der Waals surface area contributed by atoms with Crippen molar-refractivity contribution < 1.29 is 28.3 Å². The minimum Gasteiger partial charge on any atom is -0.465 e. The molecule has 0 fully saturated rings. The number of hydrogen-bond donors (Lipinski definition) is 3. The van der Waals surface area contributed by atoms with E-state index in [1.807, 2.05) is 31.2 Å². The molecule has 0 saturated carbocycles. The van der Waals surface area contributed by atoms with Crippen LogP contribution in [0, 0.1) is 17.6 Å². The molecule has 3 N–H and O–H groups in total. The minimum absolute atomic E-state index is 0.195. The molecule has 0 unspecified atom stereocenters. The number of hydrogen-bond acceptors (Lipinski definition) is 3. The van der Waals surface area contributed by atoms with Crippen molar-refractivity contribution in [1.29, 1.82) is 0 Å². The van der Waals surface area contributed by atoms with Crippen molar-refractivity contribution in [3.05, 3.63) is 88.5 Å². The Bertz CT molecular complexity index is 1570. The summed E-state index contributed by atoms with van der Waals surface area (Å²) in [7, 11) is 0. The van der Waals surface area contributed by atoms with E-state index in [4.69, 9.17) is 16.7 Å². The molecule has 3 aromatic carbocycles. The van der Waals surface area contributed by atoms with Crippen molar-refractivity contribution in [2.24, 2.45) is 5.92 Å². The lowest BCUT2D eigenvalue weighted by Crippen LogP contribution is -2.37. The van der Waals surface area contributed by atoms with Crippen molar-refractivity contribution >= 4 is 46.5 Å². The number of nitrogens with zero attached hydrogens (tertiary/aromatic N) is 1. The van der Waals surface area contributed by atoms with Crippen LogP contribution < -0.4 is 10.6 Å². The second-order valence-corrected chi connectivity index (χ2v) is 10.7. The van der Waals surface area contributed by atoms with Crippen LogP contribution >= 0.6 is 11.6 Å². The zero-order valence-corrected chi connectivity index (χ0v) is 23.0. The first-order chi connectivity index (χ1) is 19.6. The zero-order valence-electron chi connectivity index (χ0n) is 22.2. The van der Waals surface area contributed by atoms with Crippen molar-refractivity contribution in [2.75, 3.05) is 17.2 Å². The van der Waals surface area contributed by atoms with Gasteiger partial charge in [-0.3, -0.25) is 14.9 Å². The van der Waals surface area contributed by atoms with Gasteiger partial charge in [-0.05, 0) is 66.3 Å². The van der Waals surface area contributed by atoms with Gasteiger partial charge in [0.25, 0.3) is 0 Å². The summed E-state index contributed by atoms with van der Waals surface area (Å²) >= 11 is 5.88. The van der Waals surface area contributed by atoms with E-state index in [0.29, 0.717) is 36.2 Å². The Morgan fingerprint density at radius 1 is 1.10 bits per heavy atom. The maximum Gasteiger partial charge on any atom is 0.409 e. The third-order valence-electron chi connectivity index (χ3n) is 7.62. The molecular weight excluding hydrogens is 552 g/mol. The van der Waals surface area contributed by atoms with Gasteiger partial charge in [-0.1, -0.05) is 49.2 Å². The van der Waals surface area contributed by atoms with Crippen LogP contribution in [0.15, 0.2) is 60.7 Å². The predicted molar refractivity (Wildman–Crippen MR) is 154 cm³/mol. The second-order valence-electron chi connectivity index (χ2n) is 10.3. The molecule has 3 aromatic rings. The fourth-order valence-electron chi connectivity index (χ4n) is 5.50. The Hall–Kier alpha value is -4.24. The lowest BCUT2D eigenvalue weighted by molar-refractivity contribution is -0.129. The van der Waals surface area contributed by atoms with Crippen LogP contribution in [0.25, 0.3) is 16.7 Å². The van der Waals surface area contributed by atoms with Crippen LogP contribution in [0.3, 0.4) is 0 Å². The number of benzene rings is 3. The number of carbonyl (C=O) groups excluding carboxylic acids is 2. The number of carbonyl (C=O) groups is 3. The van der Waals surface area contributed by atoms with E-state index in [0.717, 1.165) is 23.3 Å². The number of nitrogens with one attached hydrogen (secondary N) is 2. The molecule has 0 radical (unpaired) electrons. The summed E-state index contributed by atoms with van der Waals surface area (Å²) < 4.78 is 29.2. The van der Waals surface area contributed by atoms with Gasteiger partial charge >= 0.3 is 6.09 Å². The van der Waals surface area contributed by atoms with E-state index in [9.17, 15) is 23.2 Å². The van der Waals surface area contributed by atoms with E-state index >= 15 is 0 Å². The molecule has 3 amide bonds. The molecule has 0 aromatic heterocycles. The molecule has 2 heterocycles. The maximum absolute atomic E-state index is 14.7. The summed E-state index contributed by atoms with van der Waals surface area (Å²) in [6, 6.07) is 14.5. The standard InChI is InChI=1S/C31H28ClF2N3O4/c1-17-4-2-7-26(37-13-12-20(15-27(37)38)28-24(33)11-10-23(32)29(28)34)19-6-3-5-18(14-19)22-9-8-21(35-31(40)41)16-25(22)36-30(17)39/h3,5-6,8-11,14-17,26,35H,2,4,7,12-13H2,1H3,(H,36,39)(H,40,41)/t17-,26+/m1/s1. The fourth-order valence-corrected chi connectivity index (χ4v) is 5.66. The minimum atomic E-state index is -1.22. The average Bonchev–Trinajstić information content (AvgIpc) is 2.93. The lowest BCUT2D eigenvalue weighted by Gasteiger charge is -2.35. The lowest BCUT2D eigenvalue weighted by atomic mass is 9.90. The third-order valence-corrected chi connectivity index (χ3v) is 7.91. The number of rotatable bonds is 3. The molecule has 41 heavy (non-hydrogen) atoms. The zero-order chi connectivity index (χ0) is 29.3. The van der Waals surface area contributed by atoms with Gasteiger partial charge in [0, 0.05) is 29.8 Å². The van der Waals surface area contributed by atoms with Crippen LogP contribution in [0.1, 0.15) is 49.8 Å². The van der Waals surface area contributed by atoms with Gasteiger partial charge in [-0.25, -0.2) is 13.6 Å². The van der Waals surface area contributed by atoms with Crippen molar-refractivity contribution in [1.82, 2.24) is 4.90 Å². The first-order valence-electron chi connectivity index (χ1n) is 13.3.